The minimum Gasteiger partial charge on any atom is -0.489 e. The van der Waals surface area contributed by atoms with Crippen molar-refractivity contribution < 1.29 is 4.74 Å². The largest absolute Gasteiger partial charge is 0.489 e. The summed E-state index contributed by atoms with van der Waals surface area (Å²) in [5, 5.41) is 1.24. The van der Waals surface area contributed by atoms with E-state index in [1.54, 1.807) is 36.7 Å². The molecule has 0 spiro atoms. The van der Waals surface area contributed by atoms with Crippen LogP contribution in [0.3, 0.4) is 0 Å². The number of benzene rings is 1. The van der Waals surface area contributed by atoms with E-state index in [1.165, 1.54) is 0 Å². The van der Waals surface area contributed by atoms with Gasteiger partial charge in [0.1, 0.15) is 12.4 Å². The molecule has 2 aromatic rings. The molecular formula is C12H9Cl2NO. The molecular weight excluding hydrogens is 245 g/mol. The van der Waals surface area contributed by atoms with Crippen LogP contribution < -0.4 is 4.74 Å². The Labute approximate surface area is 104 Å². The Bertz CT molecular complexity index is 474. The Balaban J connectivity index is 2.05. The highest BCUT2D eigenvalue weighted by atomic mass is 35.5. The second kappa shape index (κ2) is 5.19. The number of hydrogen-bond acceptors (Lipinski definition) is 2. The lowest BCUT2D eigenvalue weighted by molar-refractivity contribution is 0.306. The van der Waals surface area contributed by atoms with E-state index >= 15 is 0 Å². The van der Waals surface area contributed by atoms with E-state index in [2.05, 4.69) is 4.98 Å². The van der Waals surface area contributed by atoms with Gasteiger partial charge in [-0.1, -0.05) is 29.3 Å². The lowest BCUT2D eigenvalue weighted by Gasteiger charge is -2.07. The minimum absolute atomic E-state index is 0.417. The zero-order valence-electron chi connectivity index (χ0n) is 8.36. The Morgan fingerprint density at radius 3 is 2.50 bits per heavy atom. The third kappa shape index (κ3) is 2.87. The van der Waals surface area contributed by atoms with Crippen molar-refractivity contribution in [3.05, 3.63) is 58.3 Å². The number of aromatic nitrogens is 1. The maximum atomic E-state index is 6.02. The molecule has 2 rings (SSSR count). The smallest absolute Gasteiger partial charge is 0.122 e. The van der Waals surface area contributed by atoms with Gasteiger partial charge in [0.05, 0.1) is 0 Å². The molecule has 1 aromatic heterocycles. The molecule has 0 saturated heterocycles. The van der Waals surface area contributed by atoms with Crippen LogP contribution in [0.25, 0.3) is 0 Å². The van der Waals surface area contributed by atoms with Crippen LogP contribution in [0.15, 0.2) is 42.7 Å². The highest BCUT2D eigenvalue weighted by molar-refractivity contribution is 6.35. The number of nitrogens with zero attached hydrogens (tertiary/aromatic N) is 1. The molecule has 1 heterocycles. The third-order valence-electron chi connectivity index (χ3n) is 2.06. The molecule has 0 aliphatic carbocycles. The molecule has 1 aromatic carbocycles. The van der Waals surface area contributed by atoms with Crippen molar-refractivity contribution in [2.45, 2.75) is 6.61 Å². The predicted molar refractivity (Wildman–Crippen MR) is 65.0 cm³/mol. The van der Waals surface area contributed by atoms with Gasteiger partial charge in [-0.15, -0.1) is 0 Å². The average molecular weight is 254 g/mol. The summed E-state index contributed by atoms with van der Waals surface area (Å²) in [6.45, 7) is 0.417. The van der Waals surface area contributed by atoms with Crippen molar-refractivity contribution in [1.82, 2.24) is 4.98 Å². The fourth-order valence-electron chi connectivity index (χ4n) is 1.23. The fraction of sp³-hybridized carbons (Fsp3) is 0.0833. The summed E-state index contributed by atoms with van der Waals surface area (Å²) in [5.74, 6) is 0.765. The van der Waals surface area contributed by atoms with E-state index in [4.69, 9.17) is 27.9 Å². The lowest BCUT2D eigenvalue weighted by Crippen LogP contribution is -1.96. The Hall–Kier alpha value is -1.25. The standard InChI is InChI=1S/C12H9Cl2NO/c13-10-2-1-9(12(14)7-10)8-16-11-3-5-15-6-4-11/h1-7H,8H2. The van der Waals surface area contributed by atoms with Crippen molar-refractivity contribution in [3.8, 4) is 5.75 Å². The van der Waals surface area contributed by atoms with Crippen LogP contribution in [0.4, 0.5) is 0 Å². The summed E-state index contributed by atoms with van der Waals surface area (Å²) in [7, 11) is 0. The van der Waals surface area contributed by atoms with Gasteiger partial charge in [0.2, 0.25) is 0 Å². The molecule has 0 amide bonds. The zero-order valence-corrected chi connectivity index (χ0v) is 9.87. The first-order chi connectivity index (χ1) is 7.75. The number of halogens is 2. The summed E-state index contributed by atoms with van der Waals surface area (Å²) in [6, 6.07) is 8.94. The average Bonchev–Trinajstić information content (AvgIpc) is 2.29. The lowest BCUT2D eigenvalue weighted by atomic mass is 10.2. The number of ether oxygens (including phenoxy) is 1. The van der Waals surface area contributed by atoms with E-state index in [-0.39, 0.29) is 0 Å². The van der Waals surface area contributed by atoms with Crippen LogP contribution in [-0.2, 0) is 6.61 Å². The Morgan fingerprint density at radius 1 is 1.06 bits per heavy atom. The van der Waals surface area contributed by atoms with E-state index in [0.717, 1.165) is 11.3 Å². The molecule has 0 aliphatic rings. The number of hydrogen-bond donors (Lipinski definition) is 0. The van der Waals surface area contributed by atoms with Gasteiger partial charge in [0, 0.05) is 28.0 Å². The highest BCUT2D eigenvalue weighted by Gasteiger charge is 2.02. The molecule has 0 N–H and O–H groups in total. The van der Waals surface area contributed by atoms with Gasteiger partial charge in [-0.25, -0.2) is 0 Å². The van der Waals surface area contributed by atoms with Crippen molar-refractivity contribution in [3.63, 3.8) is 0 Å². The van der Waals surface area contributed by atoms with Gasteiger partial charge in [0.15, 0.2) is 0 Å². The Kier molecular flexibility index (Phi) is 3.65. The fourth-order valence-corrected chi connectivity index (χ4v) is 1.70. The number of pyridine rings is 1. The van der Waals surface area contributed by atoms with E-state index in [9.17, 15) is 0 Å². The first-order valence-corrected chi connectivity index (χ1v) is 5.48. The van der Waals surface area contributed by atoms with E-state index in [0.29, 0.717) is 16.7 Å². The van der Waals surface area contributed by atoms with Crippen LogP contribution in [-0.4, -0.2) is 4.98 Å². The molecule has 0 fully saturated rings. The Morgan fingerprint density at radius 2 is 1.81 bits per heavy atom. The molecule has 82 valence electrons. The zero-order chi connectivity index (χ0) is 11.4. The summed E-state index contributed by atoms with van der Waals surface area (Å²) >= 11 is 11.8. The molecule has 0 saturated carbocycles. The second-order valence-electron chi connectivity index (χ2n) is 3.21. The highest BCUT2D eigenvalue weighted by Crippen LogP contribution is 2.22. The first-order valence-electron chi connectivity index (χ1n) is 4.72. The van der Waals surface area contributed by atoms with Gasteiger partial charge in [-0.2, -0.15) is 0 Å². The molecule has 0 radical (unpaired) electrons. The van der Waals surface area contributed by atoms with Crippen molar-refractivity contribution in [2.24, 2.45) is 0 Å². The van der Waals surface area contributed by atoms with Crippen molar-refractivity contribution >= 4 is 23.2 Å². The molecule has 2 nitrogen and oxygen atoms in total. The van der Waals surface area contributed by atoms with Crippen LogP contribution in [0, 0.1) is 0 Å². The summed E-state index contributed by atoms with van der Waals surface area (Å²) in [5.41, 5.74) is 0.905. The summed E-state index contributed by atoms with van der Waals surface area (Å²) in [4.78, 5) is 3.91. The molecule has 4 heteroatoms. The van der Waals surface area contributed by atoms with E-state index in [1.807, 2.05) is 6.07 Å². The van der Waals surface area contributed by atoms with Crippen molar-refractivity contribution in [2.75, 3.05) is 0 Å². The van der Waals surface area contributed by atoms with Gasteiger partial charge in [-0.3, -0.25) is 4.98 Å². The van der Waals surface area contributed by atoms with Gasteiger partial charge in [-0.05, 0) is 24.3 Å². The third-order valence-corrected chi connectivity index (χ3v) is 2.65. The first kappa shape index (κ1) is 11.2. The van der Waals surface area contributed by atoms with Crippen LogP contribution in [0.2, 0.25) is 10.0 Å². The quantitative estimate of drug-likeness (QED) is 0.826. The van der Waals surface area contributed by atoms with Gasteiger partial charge in [0.25, 0.3) is 0 Å². The molecule has 0 aliphatic heterocycles. The summed E-state index contributed by atoms with van der Waals surface area (Å²) in [6.07, 6.45) is 3.36. The predicted octanol–water partition coefficient (Wildman–Crippen LogP) is 3.97. The van der Waals surface area contributed by atoms with E-state index < -0.39 is 0 Å². The topological polar surface area (TPSA) is 22.1 Å². The van der Waals surface area contributed by atoms with Crippen molar-refractivity contribution in [1.29, 1.82) is 0 Å². The van der Waals surface area contributed by atoms with Gasteiger partial charge < -0.3 is 4.74 Å². The monoisotopic (exact) mass is 253 g/mol. The molecule has 0 bridgehead atoms. The minimum atomic E-state index is 0.417. The maximum absolute atomic E-state index is 6.02. The molecule has 0 atom stereocenters. The maximum Gasteiger partial charge on any atom is 0.122 e. The SMILES string of the molecule is Clc1ccc(COc2ccncc2)c(Cl)c1. The normalized spacial score (nSPS) is 10.1. The second-order valence-corrected chi connectivity index (χ2v) is 4.05. The summed E-state index contributed by atoms with van der Waals surface area (Å²) < 4.78 is 5.55. The molecule has 0 unspecified atom stereocenters. The number of rotatable bonds is 3. The van der Waals surface area contributed by atoms with Crippen LogP contribution >= 0.6 is 23.2 Å². The van der Waals surface area contributed by atoms with Crippen LogP contribution in [0.1, 0.15) is 5.56 Å². The van der Waals surface area contributed by atoms with Crippen LogP contribution in [0.5, 0.6) is 5.75 Å². The molecule has 16 heavy (non-hydrogen) atoms. The van der Waals surface area contributed by atoms with Gasteiger partial charge >= 0.3 is 0 Å².